The zero-order valence-corrected chi connectivity index (χ0v) is 13.4. The molecule has 0 spiro atoms. The molecule has 0 radical (unpaired) electrons. The lowest BCUT2D eigenvalue weighted by atomic mass is 10.1. The maximum absolute atomic E-state index is 12.2. The number of carbonyl (C=O) groups excluding carboxylic acids is 1. The molecule has 3 rings (SSSR count). The van der Waals surface area contributed by atoms with Crippen LogP contribution in [0.15, 0.2) is 48.5 Å². The first-order valence-corrected chi connectivity index (χ1v) is 7.81. The van der Waals surface area contributed by atoms with Crippen molar-refractivity contribution in [2.45, 2.75) is 19.0 Å². The van der Waals surface area contributed by atoms with E-state index in [1.54, 1.807) is 18.2 Å². The van der Waals surface area contributed by atoms with Crippen molar-refractivity contribution in [1.82, 2.24) is 5.32 Å². The third-order valence-electron chi connectivity index (χ3n) is 3.74. The maximum atomic E-state index is 12.2. The number of fused-ring (bicyclic) bond motifs is 1. The third kappa shape index (κ3) is 4.48. The number of carboxylic acids is 1. The van der Waals surface area contributed by atoms with Crippen molar-refractivity contribution in [2.24, 2.45) is 0 Å². The fraction of sp³-hybridized carbons (Fsp3) is 0.222. The quantitative estimate of drug-likeness (QED) is 0.712. The van der Waals surface area contributed by atoms with Crippen molar-refractivity contribution in [3.8, 4) is 11.5 Å². The average Bonchev–Trinajstić information content (AvgIpc) is 3.07. The van der Waals surface area contributed by atoms with Crippen LogP contribution in [0, 0.1) is 0 Å². The molecule has 0 unspecified atom stereocenters. The smallest absolute Gasteiger partial charge is 0.321 e. The molecular weight excluding hydrogens is 324 g/mol. The Labute approximate surface area is 144 Å². The minimum atomic E-state index is -1.07. The molecule has 1 amide bonds. The predicted octanol–water partition coefficient (Wildman–Crippen LogP) is 1.99. The van der Waals surface area contributed by atoms with Gasteiger partial charge in [0.1, 0.15) is 6.04 Å². The number of hydrogen-bond donors (Lipinski definition) is 3. The minimum Gasteiger partial charge on any atom is -0.480 e. The number of anilines is 1. The van der Waals surface area contributed by atoms with Crippen LogP contribution >= 0.6 is 0 Å². The molecule has 1 atom stereocenters. The Morgan fingerprint density at radius 3 is 2.60 bits per heavy atom. The first-order chi connectivity index (χ1) is 12.1. The second-order valence-corrected chi connectivity index (χ2v) is 5.58. The fourth-order valence-corrected chi connectivity index (χ4v) is 2.46. The van der Waals surface area contributed by atoms with E-state index in [1.165, 1.54) is 0 Å². The van der Waals surface area contributed by atoms with Gasteiger partial charge >= 0.3 is 5.97 Å². The molecule has 1 aliphatic rings. The van der Waals surface area contributed by atoms with Crippen molar-refractivity contribution in [3.05, 3.63) is 54.1 Å². The van der Waals surface area contributed by atoms with Gasteiger partial charge in [-0.2, -0.15) is 0 Å². The molecule has 1 aliphatic heterocycles. The molecule has 1 heterocycles. The summed E-state index contributed by atoms with van der Waals surface area (Å²) in [6.45, 7) is 0.520. The Kier molecular flexibility index (Phi) is 5.15. The molecule has 0 aliphatic carbocycles. The molecule has 0 aromatic heterocycles. The van der Waals surface area contributed by atoms with E-state index in [1.807, 2.05) is 30.3 Å². The lowest BCUT2D eigenvalue weighted by molar-refractivity contribution is -0.141. The van der Waals surface area contributed by atoms with E-state index in [4.69, 9.17) is 9.47 Å². The van der Waals surface area contributed by atoms with Gasteiger partial charge in [-0.15, -0.1) is 0 Å². The Morgan fingerprint density at radius 1 is 1.08 bits per heavy atom. The number of benzene rings is 2. The van der Waals surface area contributed by atoms with Crippen LogP contribution in [-0.2, 0) is 16.1 Å². The van der Waals surface area contributed by atoms with Gasteiger partial charge in [0.2, 0.25) is 12.7 Å². The topological polar surface area (TPSA) is 96.9 Å². The molecule has 0 bridgehead atoms. The number of amides is 1. The van der Waals surface area contributed by atoms with Crippen LogP contribution in [0.2, 0.25) is 0 Å². The van der Waals surface area contributed by atoms with Crippen molar-refractivity contribution in [3.63, 3.8) is 0 Å². The van der Waals surface area contributed by atoms with Crippen molar-refractivity contribution in [1.29, 1.82) is 0 Å². The van der Waals surface area contributed by atoms with Gasteiger partial charge in [0.15, 0.2) is 11.5 Å². The molecule has 7 heteroatoms. The van der Waals surface area contributed by atoms with Crippen molar-refractivity contribution >= 4 is 17.6 Å². The van der Waals surface area contributed by atoms with E-state index in [9.17, 15) is 14.7 Å². The van der Waals surface area contributed by atoms with Crippen LogP contribution in [0.1, 0.15) is 12.0 Å². The lowest BCUT2D eigenvalue weighted by Gasteiger charge is -2.14. The van der Waals surface area contributed by atoms with Gasteiger partial charge in [-0.05, 0) is 17.7 Å². The number of ether oxygens (including phenoxy) is 2. The monoisotopic (exact) mass is 342 g/mol. The largest absolute Gasteiger partial charge is 0.480 e. The van der Waals surface area contributed by atoms with Crippen molar-refractivity contribution in [2.75, 3.05) is 12.1 Å². The standard InChI is InChI=1S/C18H18N2O5/c21-17(20-13-6-7-15-16(8-13)25-11-24-15)9-14(18(22)23)19-10-12-4-2-1-3-5-12/h1-8,14,19H,9-11H2,(H,20,21)(H,22,23)/t14-/m0/s1. The summed E-state index contributed by atoms with van der Waals surface area (Å²) in [5.41, 5.74) is 1.48. The summed E-state index contributed by atoms with van der Waals surface area (Å²) in [7, 11) is 0. The molecular formula is C18H18N2O5. The minimum absolute atomic E-state index is 0.150. The summed E-state index contributed by atoms with van der Waals surface area (Å²) in [6.07, 6.45) is -0.184. The van der Waals surface area contributed by atoms with E-state index < -0.39 is 17.9 Å². The Bertz CT molecular complexity index is 763. The fourth-order valence-electron chi connectivity index (χ4n) is 2.46. The third-order valence-corrected chi connectivity index (χ3v) is 3.74. The summed E-state index contributed by atoms with van der Waals surface area (Å²) >= 11 is 0. The average molecular weight is 342 g/mol. The molecule has 130 valence electrons. The van der Waals surface area contributed by atoms with Gasteiger partial charge in [-0.3, -0.25) is 14.9 Å². The summed E-state index contributed by atoms with van der Waals surface area (Å²) in [5, 5.41) is 14.9. The van der Waals surface area contributed by atoms with Gasteiger partial charge in [-0.1, -0.05) is 30.3 Å². The highest BCUT2D eigenvalue weighted by molar-refractivity contribution is 5.94. The molecule has 0 fully saturated rings. The van der Waals surface area contributed by atoms with E-state index >= 15 is 0 Å². The van der Waals surface area contributed by atoms with Crippen LogP contribution in [0.3, 0.4) is 0 Å². The summed E-state index contributed by atoms with van der Waals surface area (Å²) in [4.78, 5) is 23.5. The van der Waals surface area contributed by atoms with Crippen LogP contribution in [0.5, 0.6) is 11.5 Å². The molecule has 7 nitrogen and oxygen atoms in total. The maximum Gasteiger partial charge on any atom is 0.321 e. The first-order valence-electron chi connectivity index (χ1n) is 7.81. The zero-order chi connectivity index (χ0) is 17.6. The first kappa shape index (κ1) is 16.8. The normalized spacial score (nSPS) is 13.3. The van der Waals surface area contributed by atoms with Crippen LogP contribution in [-0.4, -0.2) is 29.8 Å². The summed E-state index contributed by atoms with van der Waals surface area (Å²) in [5.74, 6) is -0.302. The van der Waals surface area contributed by atoms with E-state index in [0.29, 0.717) is 23.7 Å². The number of nitrogens with one attached hydrogen (secondary N) is 2. The number of hydrogen-bond acceptors (Lipinski definition) is 5. The highest BCUT2D eigenvalue weighted by Gasteiger charge is 2.21. The van der Waals surface area contributed by atoms with E-state index in [-0.39, 0.29) is 13.2 Å². The molecule has 0 saturated carbocycles. The highest BCUT2D eigenvalue weighted by atomic mass is 16.7. The van der Waals surface area contributed by atoms with Crippen LogP contribution in [0.25, 0.3) is 0 Å². The number of aliphatic carboxylic acids is 1. The number of carbonyl (C=O) groups is 2. The van der Waals surface area contributed by atoms with Crippen LogP contribution < -0.4 is 20.1 Å². The summed E-state index contributed by atoms with van der Waals surface area (Å²) < 4.78 is 10.5. The molecule has 3 N–H and O–H groups in total. The Morgan fingerprint density at radius 2 is 1.84 bits per heavy atom. The Balaban J connectivity index is 1.56. The van der Waals surface area contributed by atoms with Gasteiger partial charge < -0.3 is 19.9 Å². The van der Waals surface area contributed by atoms with Crippen molar-refractivity contribution < 1.29 is 24.2 Å². The van der Waals surface area contributed by atoms with Gasteiger partial charge in [0.05, 0.1) is 6.42 Å². The highest BCUT2D eigenvalue weighted by Crippen LogP contribution is 2.34. The molecule has 2 aromatic rings. The van der Waals surface area contributed by atoms with E-state index in [2.05, 4.69) is 10.6 Å². The zero-order valence-electron chi connectivity index (χ0n) is 13.4. The molecule has 25 heavy (non-hydrogen) atoms. The van der Waals surface area contributed by atoms with Crippen LogP contribution in [0.4, 0.5) is 5.69 Å². The van der Waals surface area contributed by atoms with Gasteiger partial charge in [-0.25, -0.2) is 0 Å². The van der Waals surface area contributed by atoms with E-state index in [0.717, 1.165) is 5.56 Å². The number of rotatable bonds is 7. The van der Waals surface area contributed by atoms with Gasteiger partial charge in [0.25, 0.3) is 0 Å². The number of carboxylic acid groups (broad SMARTS) is 1. The lowest BCUT2D eigenvalue weighted by Crippen LogP contribution is -2.39. The predicted molar refractivity (Wildman–Crippen MR) is 90.5 cm³/mol. The molecule has 0 saturated heterocycles. The second-order valence-electron chi connectivity index (χ2n) is 5.58. The molecule has 2 aromatic carbocycles. The Hall–Kier alpha value is -3.06. The van der Waals surface area contributed by atoms with Gasteiger partial charge in [0, 0.05) is 18.3 Å². The summed E-state index contributed by atoms with van der Waals surface area (Å²) in [6, 6.07) is 13.5. The second kappa shape index (κ2) is 7.67. The SMILES string of the molecule is O=C(C[C@H](NCc1ccccc1)C(=O)O)Nc1ccc2c(c1)OCO2.